The SMILES string of the molecule is CCOC(=O)C(C)(C)[C@H]1CC[C@H]2[C@@H]3CC[C@@H]4CC(C)(C)CC[C@@H]4[C@H]3CC[C@]12C. The van der Waals surface area contributed by atoms with E-state index in [4.69, 9.17) is 4.74 Å². The van der Waals surface area contributed by atoms with Gasteiger partial charge in [0.1, 0.15) is 0 Å². The molecule has 0 radical (unpaired) electrons. The lowest BCUT2D eigenvalue weighted by atomic mass is 9.47. The number of rotatable bonds is 3. The molecule has 0 aromatic rings. The summed E-state index contributed by atoms with van der Waals surface area (Å²) in [4.78, 5) is 12.8. The fraction of sp³-hybridized carbons (Fsp3) is 0.962. The molecule has 7 atom stereocenters. The number of esters is 1. The van der Waals surface area contributed by atoms with Gasteiger partial charge in [-0.1, -0.05) is 20.8 Å². The molecule has 0 aromatic carbocycles. The first-order valence-corrected chi connectivity index (χ1v) is 12.3. The monoisotopic (exact) mass is 388 g/mol. The maximum atomic E-state index is 12.8. The van der Waals surface area contributed by atoms with Crippen LogP contribution >= 0.6 is 0 Å². The summed E-state index contributed by atoms with van der Waals surface area (Å²) in [6.07, 6.45) is 12.6. The molecule has 2 nitrogen and oxygen atoms in total. The van der Waals surface area contributed by atoms with Crippen molar-refractivity contribution in [1.29, 1.82) is 0 Å². The second-order valence-corrected chi connectivity index (χ2v) is 12.5. The quantitative estimate of drug-likeness (QED) is 0.493. The summed E-state index contributed by atoms with van der Waals surface area (Å²) >= 11 is 0. The van der Waals surface area contributed by atoms with Gasteiger partial charge in [-0.05, 0) is 125 Å². The first-order chi connectivity index (χ1) is 13.1. The predicted molar refractivity (Wildman–Crippen MR) is 115 cm³/mol. The van der Waals surface area contributed by atoms with Crippen LogP contribution in [-0.2, 0) is 9.53 Å². The molecule has 0 heterocycles. The number of hydrogen-bond acceptors (Lipinski definition) is 2. The summed E-state index contributed by atoms with van der Waals surface area (Å²) in [6, 6.07) is 0. The van der Waals surface area contributed by atoms with Gasteiger partial charge in [0.25, 0.3) is 0 Å². The van der Waals surface area contributed by atoms with Gasteiger partial charge in [0.15, 0.2) is 0 Å². The van der Waals surface area contributed by atoms with Gasteiger partial charge in [0, 0.05) is 0 Å². The minimum atomic E-state index is -0.349. The summed E-state index contributed by atoms with van der Waals surface area (Å²) in [7, 11) is 0. The highest BCUT2D eigenvalue weighted by molar-refractivity contribution is 5.76. The van der Waals surface area contributed by atoms with Crippen LogP contribution in [0, 0.1) is 51.8 Å². The van der Waals surface area contributed by atoms with Gasteiger partial charge in [0.05, 0.1) is 12.0 Å². The molecule has 28 heavy (non-hydrogen) atoms. The van der Waals surface area contributed by atoms with E-state index < -0.39 is 0 Å². The molecule has 4 rings (SSSR count). The molecule has 0 bridgehead atoms. The van der Waals surface area contributed by atoms with Gasteiger partial charge < -0.3 is 4.74 Å². The van der Waals surface area contributed by atoms with Crippen LogP contribution in [0.3, 0.4) is 0 Å². The van der Waals surface area contributed by atoms with E-state index in [0.717, 1.165) is 29.6 Å². The summed E-state index contributed by atoms with van der Waals surface area (Å²) < 4.78 is 5.50. The highest BCUT2D eigenvalue weighted by Gasteiger charge is 2.61. The van der Waals surface area contributed by atoms with Crippen molar-refractivity contribution in [3.05, 3.63) is 0 Å². The lowest BCUT2D eigenvalue weighted by Crippen LogP contribution is -2.51. The number of carbonyl (C=O) groups excluding carboxylic acids is 1. The number of hydrogen-bond donors (Lipinski definition) is 0. The zero-order valence-electron chi connectivity index (χ0n) is 19.4. The zero-order chi connectivity index (χ0) is 20.3. The Bertz CT molecular complexity index is 606. The normalized spacial score (nSPS) is 44.9. The number of ether oxygens (including phenoxy) is 1. The van der Waals surface area contributed by atoms with E-state index in [9.17, 15) is 4.79 Å². The molecule has 0 aromatic heterocycles. The van der Waals surface area contributed by atoms with Gasteiger partial charge in [-0.15, -0.1) is 0 Å². The van der Waals surface area contributed by atoms with E-state index in [1.165, 1.54) is 57.8 Å². The average Bonchev–Trinajstić information content (AvgIpc) is 2.98. The zero-order valence-corrected chi connectivity index (χ0v) is 19.4. The van der Waals surface area contributed by atoms with Gasteiger partial charge in [-0.3, -0.25) is 4.79 Å². The third kappa shape index (κ3) is 3.16. The van der Waals surface area contributed by atoms with Crippen LogP contribution in [0.15, 0.2) is 0 Å². The maximum absolute atomic E-state index is 12.8. The van der Waals surface area contributed by atoms with E-state index in [-0.39, 0.29) is 11.4 Å². The third-order valence-corrected chi connectivity index (χ3v) is 10.2. The van der Waals surface area contributed by atoms with Crippen molar-refractivity contribution in [3.63, 3.8) is 0 Å². The van der Waals surface area contributed by atoms with Crippen LogP contribution in [-0.4, -0.2) is 12.6 Å². The molecular weight excluding hydrogens is 344 g/mol. The first kappa shape index (κ1) is 20.7. The highest BCUT2D eigenvalue weighted by Crippen LogP contribution is 2.67. The standard InChI is InChI=1S/C26H44O2/c1-7-28-23(27)25(4,5)22-11-10-21-20-9-8-17-16-24(2,3)14-12-18(17)19(20)13-15-26(21,22)6/h17-22H,7-16H2,1-6H3/t17-,18+,19-,20-,21+,22-,26+/m1/s1. The van der Waals surface area contributed by atoms with Crippen molar-refractivity contribution in [2.75, 3.05) is 6.61 Å². The first-order valence-electron chi connectivity index (χ1n) is 12.3. The van der Waals surface area contributed by atoms with E-state index in [1.807, 2.05) is 6.92 Å². The summed E-state index contributed by atoms with van der Waals surface area (Å²) in [5, 5.41) is 0. The lowest BCUT2D eigenvalue weighted by molar-refractivity contribution is -0.162. The molecule has 4 fully saturated rings. The Labute approximate surface area is 173 Å². The Kier molecular flexibility index (Phi) is 5.20. The summed E-state index contributed by atoms with van der Waals surface area (Å²) in [5.74, 6) is 5.22. The van der Waals surface area contributed by atoms with Crippen LogP contribution in [0.1, 0.15) is 99.3 Å². The molecular formula is C26H44O2. The molecule has 0 aliphatic heterocycles. The molecule has 0 N–H and O–H groups in total. The summed E-state index contributed by atoms with van der Waals surface area (Å²) in [5.41, 5.74) is 0.552. The summed E-state index contributed by atoms with van der Waals surface area (Å²) in [6.45, 7) is 14.3. The second kappa shape index (κ2) is 7.02. The molecule has 4 aliphatic carbocycles. The van der Waals surface area contributed by atoms with E-state index in [2.05, 4.69) is 34.6 Å². The molecule has 160 valence electrons. The van der Waals surface area contributed by atoms with Crippen molar-refractivity contribution in [2.45, 2.75) is 99.3 Å². The predicted octanol–water partition coefficient (Wildman–Crippen LogP) is 6.87. The molecule has 0 saturated heterocycles. The van der Waals surface area contributed by atoms with Crippen LogP contribution in [0.25, 0.3) is 0 Å². The van der Waals surface area contributed by atoms with Gasteiger partial charge in [0.2, 0.25) is 0 Å². The van der Waals surface area contributed by atoms with Crippen molar-refractivity contribution in [1.82, 2.24) is 0 Å². The average molecular weight is 389 g/mol. The van der Waals surface area contributed by atoms with Crippen molar-refractivity contribution in [2.24, 2.45) is 51.8 Å². The number of carbonyl (C=O) groups is 1. The molecule has 0 spiro atoms. The largest absolute Gasteiger partial charge is 0.466 e. The minimum Gasteiger partial charge on any atom is -0.466 e. The van der Waals surface area contributed by atoms with Crippen molar-refractivity contribution >= 4 is 5.97 Å². The Morgan fingerprint density at radius 3 is 2.36 bits per heavy atom. The number of fused-ring (bicyclic) bond motifs is 5. The second-order valence-electron chi connectivity index (χ2n) is 12.5. The maximum Gasteiger partial charge on any atom is 0.311 e. The van der Waals surface area contributed by atoms with E-state index in [1.54, 1.807) is 0 Å². The Balaban J connectivity index is 1.53. The van der Waals surface area contributed by atoms with Gasteiger partial charge in [-0.2, -0.15) is 0 Å². The van der Waals surface area contributed by atoms with Crippen LogP contribution < -0.4 is 0 Å². The molecule has 4 aliphatic rings. The van der Waals surface area contributed by atoms with Crippen LogP contribution in [0.2, 0.25) is 0 Å². The fourth-order valence-electron chi connectivity index (χ4n) is 8.95. The molecule has 2 heteroatoms. The van der Waals surface area contributed by atoms with E-state index >= 15 is 0 Å². The van der Waals surface area contributed by atoms with E-state index in [0.29, 0.717) is 23.4 Å². The Morgan fingerprint density at radius 1 is 0.929 bits per heavy atom. The van der Waals surface area contributed by atoms with Crippen molar-refractivity contribution in [3.8, 4) is 0 Å². The van der Waals surface area contributed by atoms with Crippen LogP contribution in [0.4, 0.5) is 0 Å². The molecule has 4 saturated carbocycles. The lowest BCUT2D eigenvalue weighted by Gasteiger charge is -2.58. The molecule has 0 amide bonds. The topological polar surface area (TPSA) is 26.3 Å². The highest BCUT2D eigenvalue weighted by atomic mass is 16.5. The minimum absolute atomic E-state index is 0.0298. The smallest absolute Gasteiger partial charge is 0.311 e. The van der Waals surface area contributed by atoms with Crippen molar-refractivity contribution < 1.29 is 9.53 Å². The third-order valence-electron chi connectivity index (χ3n) is 10.2. The van der Waals surface area contributed by atoms with Crippen LogP contribution in [0.5, 0.6) is 0 Å². The van der Waals surface area contributed by atoms with Gasteiger partial charge >= 0.3 is 5.97 Å². The molecule has 0 unspecified atom stereocenters. The fourth-order valence-corrected chi connectivity index (χ4v) is 8.95. The van der Waals surface area contributed by atoms with Gasteiger partial charge in [-0.25, -0.2) is 0 Å². The Morgan fingerprint density at radius 2 is 1.64 bits per heavy atom. The Hall–Kier alpha value is -0.530.